The first-order chi connectivity index (χ1) is 15.0. The number of aromatic carboxylic acids is 1. The molecule has 3 aromatic carbocycles. The van der Waals surface area contributed by atoms with Gasteiger partial charge in [0.1, 0.15) is 12.4 Å². The number of hydrogen-bond acceptors (Lipinski definition) is 5. The summed E-state index contributed by atoms with van der Waals surface area (Å²) in [6.45, 7) is 0.324. The first-order valence-electron chi connectivity index (χ1n) is 9.43. The molecule has 0 radical (unpaired) electrons. The first kappa shape index (κ1) is 21.5. The summed E-state index contributed by atoms with van der Waals surface area (Å²) < 4.78 is 16.3. The van der Waals surface area contributed by atoms with Crippen LogP contribution < -0.4 is 14.2 Å². The molecule has 0 spiro atoms. The molecule has 0 saturated heterocycles. The van der Waals surface area contributed by atoms with E-state index >= 15 is 0 Å². The minimum atomic E-state index is -0.957. The summed E-state index contributed by atoms with van der Waals surface area (Å²) in [7, 11) is 3.11. The molecule has 0 aliphatic heterocycles. The minimum absolute atomic E-state index is 0.239. The highest BCUT2D eigenvalue weighted by Gasteiger charge is 2.08. The van der Waals surface area contributed by atoms with Gasteiger partial charge in [-0.25, -0.2) is 4.79 Å². The molecule has 156 valence electrons. The fourth-order valence-corrected chi connectivity index (χ4v) is 2.92. The van der Waals surface area contributed by atoms with Crippen molar-refractivity contribution in [3.63, 3.8) is 0 Å². The van der Waals surface area contributed by atoms with Gasteiger partial charge in [0.2, 0.25) is 0 Å². The molecule has 0 fully saturated rings. The van der Waals surface area contributed by atoms with Crippen LogP contribution in [0.5, 0.6) is 17.2 Å². The van der Waals surface area contributed by atoms with Crippen LogP contribution in [0.4, 0.5) is 0 Å². The standard InChI is InChI=1S/C25H21NO5/c1-29-23-12-9-20(14-24(23)30-2)21(15-26)13-17-5-10-22(11-6-17)31-16-18-3-7-19(8-4-18)25(27)28/h3-14H,16H2,1-2H3,(H,27,28)/b21-13+. The second-order valence-electron chi connectivity index (χ2n) is 6.60. The molecule has 6 nitrogen and oxygen atoms in total. The van der Waals surface area contributed by atoms with Crippen LogP contribution in [-0.4, -0.2) is 25.3 Å². The molecule has 0 aliphatic rings. The van der Waals surface area contributed by atoms with Crippen molar-refractivity contribution in [3.05, 3.63) is 89.0 Å². The third-order valence-corrected chi connectivity index (χ3v) is 4.61. The number of benzene rings is 3. The summed E-state index contributed by atoms with van der Waals surface area (Å²) in [4.78, 5) is 10.9. The Morgan fingerprint density at radius 1 is 0.935 bits per heavy atom. The van der Waals surface area contributed by atoms with E-state index < -0.39 is 5.97 Å². The molecule has 31 heavy (non-hydrogen) atoms. The van der Waals surface area contributed by atoms with Crippen LogP contribution in [0.3, 0.4) is 0 Å². The van der Waals surface area contributed by atoms with E-state index in [1.54, 1.807) is 56.7 Å². The Morgan fingerprint density at radius 2 is 1.58 bits per heavy atom. The van der Waals surface area contributed by atoms with Gasteiger partial charge in [-0.05, 0) is 65.2 Å². The highest BCUT2D eigenvalue weighted by molar-refractivity contribution is 5.90. The van der Waals surface area contributed by atoms with Gasteiger partial charge >= 0.3 is 5.97 Å². The van der Waals surface area contributed by atoms with E-state index in [1.165, 1.54) is 0 Å². The van der Waals surface area contributed by atoms with E-state index in [-0.39, 0.29) is 5.56 Å². The number of allylic oxidation sites excluding steroid dienone is 1. The minimum Gasteiger partial charge on any atom is -0.493 e. The monoisotopic (exact) mass is 415 g/mol. The molecular formula is C25H21NO5. The average Bonchev–Trinajstić information content (AvgIpc) is 2.81. The highest BCUT2D eigenvalue weighted by atomic mass is 16.5. The molecule has 0 bridgehead atoms. The summed E-state index contributed by atoms with van der Waals surface area (Å²) >= 11 is 0. The molecule has 0 atom stereocenters. The maximum absolute atomic E-state index is 10.9. The zero-order valence-electron chi connectivity index (χ0n) is 17.2. The van der Waals surface area contributed by atoms with Gasteiger partial charge in [-0.2, -0.15) is 5.26 Å². The lowest BCUT2D eigenvalue weighted by Gasteiger charge is -2.09. The Hall–Kier alpha value is -4.24. The number of methoxy groups -OCH3 is 2. The Bertz CT molecular complexity index is 1130. The topological polar surface area (TPSA) is 88.8 Å². The molecule has 3 rings (SSSR count). The first-order valence-corrected chi connectivity index (χ1v) is 9.43. The van der Waals surface area contributed by atoms with Crippen LogP contribution >= 0.6 is 0 Å². The lowest BCUT2D eigenvalue weighted by Crippen LogP contribution is -1.98. The van der Waals surface area contributed by atoms with Gasteiger partial charge in [0, 0.05) is 0 Å². The Kier molecular flexibility index (Phi) is 6.92. The molecular weight excluding hydrogens is 394 g/mol. The Labute approximate surface area is 180 Å². The van der Waals surface area contributed by atoms with Crippen LogP contribution in [0.15, 0.2) is 66.7 Å². The van der Waals surface area contributed by atoms with E-state index in [4.69, 9.17) is 19.3 Å². The van der Waals surface area contributed by atoms with Crippen molar-refractivity contribution in [2.45, 2.75) is 6.61 Å². The zero-order valence-corrected chi connectivity index (χ0v) is 17.2. The zero-order chi connectivity index (χ0) is 22.2. The SMILES string of the molecule is COc1ccc(/C(C#N)=C/c2ccc(OCc3ccc(C(=O)O)cc3)cc2)cc1OC. The normalized spacial score (nSPS) is 10.8. The van der Waals surface area contributed by atoms with Crippen molar-refractivity contribution in [1.82, 2.24) is 0 Å². The summed E-state index contributed by atoms with van der Waals surface area (Å²) in [5.74, 6) is 0.869. The molecule has 0 unspecified atom stereocenters. The van der Waals surface area contributed by atoms with Gasteiger partial charge in [-0.1, -0.05) is 24.3 Å². The maximum Gasteiger partial charge on any atom is 0.335 e. The third-order valence-electron chi connectivity index (χ3n) is 4.61. The number of carbonyl (C=O) groups is 1. The number of ether oxygens (including phenoxy) is 3. The van der Waals surface area contributed by atoms with Crippen LogP contribution in [0.1, 0.15) is 27.0 Å². The summed E-state index contributed by atoms with van der Waals surface area (Å²) in [5, 5.41) is 18.5. The molecule has 6 heteroatoms. The van der Waals surface area contributed by atoms with Crippen LogP contribution in [0.25, 0.3) is 11.6 Å². The van der Waals surface area contributed by atoms with Gasteiger partial charge < -0.3 is 19.3 Å². The van der Waals surface area contributed by atoms with Gasteiger partial charge in [0.25, 0.3) is 0 Å². The number of hydrogen-bond donors (Lipinski definition) is 1. The predicted molar refractivity (Wildman–Crippen MR) is 117 cm³/mol. The highest BCUT2D eigenvalue weighted by Crippen LogP contribution is 2.31. The van der Waals surface area contributed by atoms with E-state index in [2.05, 4.69) is 6.07 Å². The number of carboxylic acids is 1. The van der Waals surface area contributed by atoms with Gasteiger partial charge in [-0.15, -0.1) is 0 Å². The van der Waals surface area contributed by atoms with Crippen molar-refractivity contribution >= 4 is 17.6 Å². The van der Waals surface area contributed by atoms with Crippen LogP contribution in [0.2, 0.25) is 0 Å². The smallest absolute Gasteiger partial charge is 0.335 e. The number of nitriles is 1. The second kappa shape index (κ2) is 9.99. The lowest BCUT2D eigenvalue weighted by atomic mass is 10.0. The van der Waals surface area contributed by atoms with Gasteiger partial charge in [-0.3, -0.25) is 0 Å². The Balaban J connectivity index is 1.70. The Morgan fingerprint density at radius 3 is 2.16 bits per heavy atom. The molecule has 3 aromatic rings. The van der Waals surface area contributed by atoms with E-state index in [0.29, 0.717) is 29.4 Å². The quantitative estimate of drug-likeness (QED) is 0.409. The maximum atomic E-state index is 10.9. The van der Waals surface area contributed by atoms with E-state index in [0.717, 1.165) is 16.7 Å². The molecule has 0 aromatic heterocycles. The van der Waals surface area contributed by atoms with E-state index in [1.807, 2.05) is 30.3 Å². The van der Waals surface area contributed by atoms with Crippen molar-refractivity contribution in [2.75, 3.05) is 14.2 Å². The van der Waals surface area contributed by atoms with Crippen molar-refractivity contribution < 1.29 is 24.1 Å². The number of nitrogens with zero attached hydrogens (tertiary/aromatic N) is 1. The summed E-state index contributed by atoms with van der Waals surface area (Å²) in [6.07, 6.45) is 1.79. The number of rotatable bonds is 8. The van der Waals surface area contributed by atoms with Gasteiger partial charge in [0.15, 0.2) is 11.5 Å². The fourth-order valence-electron chi connectivity index (χ4n) is 2.92. The summed E-state index contributed by atoms with van der Waals surface area (Å²) in [5.41, 5.74) is 3.18. The van der Waals surface area contributed by atoms with Crippen molar-refractivity contribution in [2.24, 2.45) is 0 Å². The molecule has 0 saturated carbocycles. The predicted octanol–water partition coefficient (Wildman–Crippen LogP) is 5.05. The van der Waals surface area contributed by atoms with Crippen molar-refractivity contribution in [3.8, 4) is 23.3 Å². The molecule has 0 aliphatic carbocycles. The molecule has 0 amide bonds. The lowest BCUT2D eigenvalue weighted by molar-refractivity contribution is 0.0697. The van der Waals surface area contributed by atoms with Crippen LogP contribution in [0, 0.1) is 11.3 Å². The summed E-state index contributed by atoms with van der Waals surface area (Å²) in [6, 6.07) is 21.5. The van der Waals surface area contributed by atoms with Crippen molar-refractivity contribution in [1.29, 1.82) is 5.26 Å². The molecule has 1 N–H and O–H groups in total. The van der Waals surface area contributed by atoms with Crippen LogP contribution in [-0.2, 0) is 6.61 Å². The third kappa shape index (κ3) is 5.43. The van der Waals surface area contributed by atoms with Gasteiger partial charge in [0.05, 0.1) is 31.4 Å². The number of carboxylic acid groups (broad SMARTS) is 1. The fraction of sp³-hybridized carbons (Fsp3) is 0.120. The largest absolute Gasteiger partial charge is 0.493 e. The average molecular weight is 415 g/mol. The van der Waals surface area contributed by atoms with E-state index in [9.17, 15) is 10.1 Å². The second-order valence-corrected chi connectivity index (χ2v) is 6.60. The molecule has 0 heterocycles.